The maximum Gasteiger partial charge on any atom is 0.322 e. The highest BCUT2D eigenvalue weighted by molar-refractivity contribution is 7.09. The molecule has 10 heteroatoms. The van der Waals surface area contributed by atoms with Gasteiger partial charge in [-0.1, -0.05) is 27.7 Å². The maximum absolute atomic E-state index is 12.8. The van der Waals surface area contributed by atoms with Crippen LogP contribution in [0.2, 0.25) is 0 Å². The molecule has 1 aromatic heterocycles. The van der Waals surface area contributed by atoms with Crippen molar-refractivity contribution in [3.63, 3.8) is 0 Å². The van der Waals surface area contributed by atoms with Gasteiger partial charge in [0.1, 0.15) is 10.7 Å². The molecule has 0 saturated heterocycles. The highest BCUT2D eigenvalue weighted by Crippen LogP contribution is 2.18. The summed E-state index contributed by atoms with van der Waals surface area (Å²) in [6.45, 7) is 9.35. The van der Waals surface area contributed by atoms with Gasteiger partial charge in [0.25, 0.3) is 11.6 Å². The number of non-ortho nitro benzene ring substituents is 1. The first kappa shape index (κ1) is 23.3. The molecule has 0 radical (unpaired) electrons. The first-order valence-corrected chi connectivity index (χ1v) is 10.6. The van der Waals surface area contributed by atoms with E-state index >= 15 is 0 Å². The van der Waals surface area contributed by atoms with Gasteiger partial charge in [-0.25, -0.2) is 9.78 Å². The van der Waals surface area contributed by atoms with Crippen molar-refractivity contribution in [2.45, 2.75) is 34.2 Å². The van der Waals surface area contributed by atoms with Gasteiger partial charge in [0.05, 0.1) is 11.5 Å². The minimum atomic E-state index is -0.492. The second-order valence-corrected chi connectivity index (χ2v) is 8.68. The van der Waals surface area contributed by atoms with E-state index in [0.29, 0.717) is 35.4 Å². The highest BCUT2D eigenvalue weighted by Gasteiger charge is 2.19. The number of nitrogens with zero attached hydrogens (tertiary/aromatic N) is 3. The van der Waals surface area contributed by atoms with Crippen LogP contribution < -0.4 is 10.6 Å². The number of nitro benzene ring substituents is 1. The number of rotatable bonds is 9. The molecular weight excluding hydrogens is 406 g/mol. The van der Waals surface area contributed by atoms with Crippen molar-refractivity contribution in [3.05, 3.63) is 50.5 Å². The Hall–Kier alpha value is -3.01. The summed E-state index contributed by atoms with van der Waals surface area (Å²) in [5.74, 6) is 0.343. The zero-order valence-electron chi connectivity index (χ0n) is 17.5. The number of nitro groups is 1. The van der Waals surface area contributed by atoms with Crippen molar-refractivity contribution in [1.82, 2.24) is 15.2 Å². The summed E-state index contributed by atoms with van der Waals surface area (Å²) < 4.78 is 0. The fourth-order valence-electron chi connectivity index (χ4n) is 2.57. The van der Waals surface area contributed by atoms with E-state index in [0.717, 1.165) is 0 Å². The second kappa shape index (κ2) is 10.7. The van der Waals surface area contributed by atoms with Crippen LogP contribution in [-0.4, -0.2) is 39.8 Å². The molecule has 2 aromatic rings. The fraction of sp³-hybridized carbons (Fsp3) is 0.450. The molecule has 3 amide bonds. The minimum Gasteiger partial charge on any atom is -0.350 e. The van der Waals surface area contributed by atoms with Gasteiger partial charge in [-0.3, -0.25) is 14.9 Å². The van der Waals surface area contributed by atoms with Crippen LogP contribution in [0, 0.1) is 22.0 Å². The quantitative estimate of drug-likeness (QED) is 0.455. The topological polar surface area (TPSA) is 117 Å². The number of carbonyl (C=O) groups is 2. The van der Waals surface area contributed by atoms with Crippen molar-refractivity contribution in [2.75, 3.05) is 18.4 Å². The molecule has 0 spiro atoms. The third-order valence-electron chi connectivity index (χ3n) is 3.98. The number of amides is 3. The molecule has 0 unspecified atom stereocenters. The number of anilines is 1. The molecule has 1 heterocycles. The molecule has 0 atom stereocenters. The number of urea groups is 1. The van der Waals surface area contributed by atoms with E-state index in [1.807, 2.05) is 27.7 Å². The van der Waals surface area contributed by atoms with Crippen LogP contribution in [0.3, 0.4) is 0 Å². The van der Waals surface area contributed by atoms with Crippen molar-refractivity contribution in [2.24, 2.45) is 11.8 Å². The normalized spacial score (nSPS) is 10.9. The first-order valence-electron chi connectivity index (χ1n) is 9.68. The average molecular weight is 434 g/mol. The molecule has 0 bridgehead atoms. The predicted octanol–water partition coefficient (Wildman–Crippen LogP) is 4.13. The van der Waals surface area contributed by atoms with E-state index in [4.69, 9.17) is 0 Å². The van der Waals surface area contributed by atoms with Crippen LogP contribution in [-0.2, 0) is 6.54 Å². The summed E-state index contributed by atoms with van der Waals surface area (Å²) in [4.78, 5) is 41.2. The van der Waals surface area contributed by atoms with Crippen LogP contribution in [0.1, 0.15) is 43.2 Å². The van der Waals surface area contributed by atoms with Gasteiger partial charge in [-0.15, -0.1) is 11.3 Å². The van der Waals surface area contributed by atoms with Crippen molar-refractivity contribution in [3.8, 4) is 0 Å². The van der Waals surface area contributed by atoms with Crippen molar-refractivity contribution >= 4 is 34.6 Å². The number of carbonyl (C=O) groups excluding carboxylic acids is 2. The van der Waals surface area contributed by atoms with Crippen molar-refractivity contribution in [1.29, 1.82) is 0 Å². The predicted molar refractivity (Wildman–Crippen MR) is 117 cm³/mol. The Morgan fingerprint density at radius 2 is 1.83 bits per heavy atom. The van der Waals surface area contributed by atoms with E-state index in [-0.39, 0.29) is 30.1 Å². The zero-order chi connectivity index (χ0) is 22.3. The Balaban J connectivity index is 2.05. The van der Waals surface area contributed by atoms with Gasteiger partial charge in [0.15, 0.2) is 0 Å². The molecule has 162 valence electrons. The lowest BCUT2D eigenvalue weighted by atomic mass is 10.2. The molecule has 2 N–H and O–H groups in total. The largest absolute Gasteiger partial charge is 0.350 e. The second-order valence-electron chi connectivity index (χ2n) is 7.74. The standard InChI is InChI=1S/C20H27N5O4S/c1-13(2)9-21-19(26)17-12-30-18(23-17)11-24(10-14(3)4)20(27)22-15-5-7-16(8-6-15)25(28)29/h5-8,12-14H,9-11H2,1-4H3,(H,21,26)(H,22,27). The van der Waals surface area contributed by atoms with Gasteiger partial charge in [-0.05, 0) is 24.0 Å². The summed E-state index contributed by atoms with van der Waals surface area (Å²) in [6.07, 6.45) is 0. The summed E-state index contributed by atoms with van der Waals surface area (Å²) in [5, 5.41) is 18.7. The van der Waals surface area contributed by atoms with E-state index < -0.39 is 4.92 Å². The van der Waals surface area contributed by atoms with Crippen LogP contribution >= 0.6 is 11.3 Å². The third kappa shape index (κ3) is 7.11. The molecule has 2 rings (SSSR count). The molecule has 0 aliphatic rings. The Labute approximate surface area is 179 Å². The summed E-state index contributed by atoms with van der Waals surface area (Å²) in [6, 6.07) is 5.32. The minimum absolute atomic E-state index is 0.0434. The molecule has 30 heavy (non-hydrogen) atoms. The fourth-order valence-corrected chi connectivity index (χ4v) is 3.36. The van der Waals surface area contributed by atoms with Gasteiger partial charge < -0.3 is 15.5 Å². The van der Waals surface area contributed by atoms with Crippen molar-refractivity contribution < 1.29 is 14.5 Å². The SMILES string of the molecule is CC(C)CNC(=O)c1csc(CN(CC(C)C)C(=O)Nc2ccc([N+](=O)[O-])cc2)n1. The van der Waals surface area contributed by atoms with Gasteiger partial charge in [0.2, 0.25) is 0 Å². The lowest BCUT2D eigenvalue weighted by Gasteiger charge is -2.24. The Kier molecular flexibility index (Phi) is 8.28. The van der Waals surface area contributed by atoms with E-state index in [9.17, 15) is 19.7 Å². The Bertz CT molecular complexity index is 880. The molecule has 9 nitrogen and oxygen atoms in total. The lowest BCUT2D eigenvalue weighted by Crippen LogP contribution is -2.37. The smallest absolute Gasteiger partial charge is 0.322 e. The van der Waals surface area contributed by atoms with Crippen LogP contribution in [0.4, 0.5) is 16.2 Å². The van der Waals surface area contributed by atoms with E-state index in [1.165, 1.54) is 35.6 Å². The molecular formula is C20H27N5O4S. The highest BCUT2D eigenvalue weighted by atomic mass is 32.1. The summed E-state index contributed by atoms with van der Waals surface area (Å²) >= 11 is 1.33. The molecule has 0 saturated carbocycles. The zero-order valence-corrected chi connectivity index (χ0v) is 18.4. The molecule has 0 aliphatic heterocycles. The van der Waals surface area contributed by atoms with Crippen LogP contribution in [0.15, 0.2) is 29.6 Å². The van der Waals surface area contributed by atoms with Gasteiger partial charge in [0, 0.05) is 36.3 Å². The number of hydrogen-bond acceptors (Lipinski definition) is 6. The van der Waals surface area contributed by atoms with E-state index in [1.54, 1.807) is 10.3 Å². The molecule has 0 fully saturated rings. The number of hydrogen-bond donors (Lipinski definition) is 2. The van der Waals surface area contributed by atoms with Gasteiger partial charge in [-0.2, -0.15) is 0 Å². The summed E-state index contributed by atoms with van der Waals surface area (Å²) in [5.41, 5.74) is 0.765. The Morgan fingerprint density at radius 3 is 2.40 bits per heavy atom. The maximum atomic E-state index is 12.8. The van der Waals surface area contributed by atoms with E-state index in [2.05, 4.69) is 15.6 Å². The summed E-state index contributed by atoms with van der Waals surface area (Å²) in [7, 11) is 0. The van der Waals surface area contributed by atoms with Gasteiger partial charge >= 0.3 is 6.03 Å². The third-order valence-corrected chi connectivity index (χ3v) is 4.82. The van der Waals surface area contributed by atoms with Crippen LogP contribution in [0.5, 0.6) is 0 Å². The number of aromatic nitrogens is 1. The number of benzene rings is 1. The monoisotopic (exact) mass is 433 g/mol. The molecule has 0 aliphatic carbocycles. The van der Waals surface area contributed by atoms with Crippen LogP contribution in [0.25, 0.3) is 0 Å². The first-order chi connectivity index (χ1) is 14.2. The number of nitrogens with one attached hydrogen (secondary N) is 2. The number of thiazole rings is 1. The lowest BCUT2D eigenvalue weighted by molar-refractivity contribution is -0.384. The molecule has 1 aromatic carbocycles. The Morgan fingerprint density at radius 1 is 1.17 bits per heavy atom. The average Bonchev–Trinajstić information content (AvgIpc) is 3.14.